The Morgan fingerprint density at radius 1 is 1.47 bits per heavy atom. The fraction of sp³-hybridized carbons (Fsp3) is 0.385. The summed E-state index contributed by atoms with van der Waals surface area (Å²) in [6.45, 7) is 3.14. The summed E-state index contributed by atoms with van der Waals surface area (Å²) in [5.41, 5.74) is 2.52. The van der Waals surface area contributed by atoms with E-state index in [1.165, 1.54) is 11.1 Å². The molecular weight excluding hydrogens is 186 g/mol. The highest BCUT2D eigenvalue weighted by atomic mass is 16.5. The Hall–Kier alpha value is -1.28. The third-order valence-corrected chi connectivity index (χ3v) is 2.37. The number of allylic oxidation sites excluding steroid dienone is 1. The van der Waals surface area contributed by atoms with Gasteiger partial charge in [0.15, 0.2) is 0 Å². The van der Waals surface area contributed by atoms with Crippen LogP contribution < -0.4 is 10.1 Å². The maximum atomic E-state index is 5.19. The molecular formula is C13H19NO. The van der Waals surface area contributed by atoms with E-state index in [9.17, 15) is 0 Å². The number of hydrogen-bond acceptors (Lipinski definition) is 2. The molecule has 15 heavy (non-hydrogen) atoms. The van der Waals surface area contributed by atoms with E-state index in [-0.39, 0.29) is 0 Å². The molecule has 0 heterocycles. The predicted molar refractivity (Wildman–Crippen MR) is 65.2 cm³/mol. The Bertz CT molecular complexity index is 331. The molecule has 0 aliphatic heterocycles. The standard InChI is InChI=1S/C13H19NO/c1-11(6-5-9-14-2)12-7-4-8-13(10-12)15-3/h4,6-8,10,14H,5,9H2,1-3H3. The lowest BCUT2D eigenvalue weighted by molar-refractivity contribution is 0.414. The van der Waals surface area contributed by atoms with E-state index in [1.807, 2.05) is 19.2 Å². The van der Waals surface area contributed by atoms with Crippen LogP contribution in [0, 0.1) is 0 Å². The van der Waals surface area contributed by atoms with Crippen LogP contribution in [-0.4, -0.2) is 20.7 Å². The quantitative estimate of drug-likeness (QED) is 0.746. The van der Waals surface area contributed by atoms with E-state index in [2.05, 4.69) is 30.4 Å². The van der Waals surface area contributed by atoms with E-state index in [1.54, 1.807) is 7.11 Å². The molecule has 2 heteroatoms. The zero-order valence-electron chi connectivity index (χ0n) is 9.71. The molecule has 0 fully saturated rings. The number of methoxy groups -OCH3 is 1. The molecule has 1 aromatic rings. The van der Waals surface area contributed by atoms with Crippen molar-refractivity contribution in [3.63, 3.8) is 0 Å². The smallest absolute Gasteiger partial charge is 0.119 e. The van der Waals surface area contributed by atoms with Gasteiger partial charge in [0.2, 0.25) is 0 Å². The SMILES string of the molecule is CNCCC=C(C)c1cccc(OC)c1. The third-order valence-electron chi connectivity index (χ3n) is 2.37. The second-order valence-corrected chi connectivity index (χ2v) is 3.51. The maximum Gasteiger partial charge on any atom is 0.119 e. The summed E-state index contributed by atoms with van der Waals surface area (Å²) in [6, 6.07) is 8.15. The van der Waals surface area contributed by atoms with Gasteiger partial charge in [0.05, 0.1) is 7.11 Å². The van der Waals surface area contributed by atoms with Gasteiger partial charge in [-0.3, -0.25) is 0 Å². The summed E-state index contributed by atoms with van der Waals surface area (Å²) in [5, 5.41) is 3.13. The van der Waals surface area contributed by atoms with Gasteiger partial charge in [-0.05, 0) is 50.2 Å². The molecule has 0 aliphatic rings. The van der Waals surface area contributed by atoms with Gasteiger partial charge < -0.3 is 10.1 Å². The number of nitrogens with one attached hydrogen (secondary N) is 1. The second-order valence-electron chi connectivity index (χ2n) is 3.51. The molecule has 0 aliphatic carbocycles. The molecule has 0 saturated heterocycles. The van der Waals surface area contributed by atoms with Crippen molar-refractivity contribution >= 4 is 5.57 Å². The summed E-state index contributed by atoms with van der Waals surface area (Å²) in [6.07, 6.45) is 3.30. The monoisotopic (exact) mass is 205 g/mol. The highest BCUT2D eigenvalue weighted by molar-refractivity contribution is 5.64. The molecule has 1 N–H and O–H groups in total. The van der Waals surface area contributed by atoms with Gasteiger partial charge in [-0.2, -0.15) is 0 Å². The molecule has 0 amide bonds. The van der Waals surface area contributed by atoms with Crippen LogP contribution in [0.3, 0.4) is 0 Å². The number of benzene rings is 1. The maximum absolute atomic E-state index is 5.19. The van der Waals surface area contributed by atoms with Crippen molar-refractivity contribution in [3.8, 4) is 5.75 Å². The first-order valence-electron chi connectivity index (χ1n) is 5.23. The first-order valence-corrected chi connectivity index (χ1v) is 5.23. The molecule has 0 unspecified atom stereocenters. The van der Waals surface area contributed by atoms with Crippen LogP contribution in [0.25, 0.3) is 5.57 Å². The summed E-state index contributed by atoms with van der Waals surface area (Å²) < 4.78 is 5.19. The van der Waals surface area contributed by atoms with E-state index in [4.69, 9.17) is 4.74 Å². The van der Waals surface area contributed by atoms with Crippen LogP contribution >= 0.6 is 0 Å². The van der Waals surface area contributed by atoms with E-state index in [0.29, 0.717) is 0 Å². The first-order chi connectivity index (χ1) is 7.27. The van der Waals surface area contributed by atoms with Gasteiger partial charge in [0.25, 0.3) is 0 Å². The van der Waals surface area contributed by atoms with E-state index < -0.39 is 0 Å². The molecule has 1 rings (SSSR count). The molecule has 0 saturated carbocycles. The van der Waals surface area contributed by atoms with Crippen molar-refractivity contribution in [2.24, 2.45) is 0 Å². The van der Waals surface area contributed by atoms with Crippen LogP contribution in [-0.2, 0) is 0 Å². The Balaban J connectivity index is 2.72. The minimum atomic E-state index is 0.911. The molecule has 0 aromatic heterocycles. The lowest BCUT2D eigenvalue weighted by atomic mass is 10.1. The fourth-order valence-corrected chi connectivity index (χ4v) is 1.42. The molecule has 1 aromatic carbocycles. The largest absolute Gasteiger partial charge is 0.497 e. The second kappa shape index (κ2) is 6.25. The van der Waals surface area contributed by atoms with Gasteiger partial charge in [-0.25, -0.2) is 0 Å². The Kier molecular flexibility index (Phi) is 4.91. The Labute approximate surface area is 92.0 Å². The Morgan fingerprint density at radius 3 is 2.93 bits per heavy atom. The van der Waals surface area contributed by atoms with Crippen LogP contribution in [0.15, 0.2) is 30.3 Å². The number of rotatable bonds is 5. The fourth-order valence-electron chi connectivity index (χ4n) is 1.42. The van der Waals surface area contributed by atoms with E-state index >= 15 is 0 Å². The molecule has 0 spiro atoms. The van der Waals surface area contributed by atoms with Crippen molar-refractivity contribution < 1.29 is 4.74 Å². The van der Waals surface area contributed by atoms with Crippen LogP contribution in [0.5, 0.6) is 5.75 Å². The van der Waals surface area contributed by atoms with Crippen molar-refractivity contribution in [1.82, 2.24) is 5.32 Å². The normalized spacial score (nSPS) is 11.5. The van der Waals surface area contributed by atoms with Crippen molar-refractivity contribution in [2.45, 2.75) is 13.3 Å². The zero-order valence-corrected chi connectivity index (χ0v) is 9.71. The Morgan fingerprint density at radius 2 is 2.27 bits per heavy atom. The summed E-state index contributed by atoms with van der Waals surface area (Å²) >= 11 is 0. The molecule has 2 nitrogen and oxygen atoms in total. The molecule has 82 valence electrons. The molecule has 0 radical (unpaired) electrons. The van der Waals surface area contributed by atoms with Crippen LogP contribution in [0.4, 0.5) is 0 Å². The number of hydrogen-bond donors (Lipinski definition) is 1. The number of ether oxygens (including phenoxy) is 1. The third kappa shape index (κ3) is 3.76. The lowest BCUT2D eigenvalue weighted by Gasteiger charge is -2.04. The lowest BCUT2D eigenvalue weighted by Crippen LogP contribution is -2.05. The van der Waals surface area contributed by atoms with Crippen molar-refractivity contribution in [2.75, 3.05) is 20.7 Å². The van der Waals surface area contributed by atoms with Gasteiger partial charge in [-0.15, -0.1) is 0 Å². The van der Waals surface area contributed by atoms with Gasteiger partial charge in [0.1, 0.15) is 5.75 Å². The molecule has 0 bridgehead atoms. The van der Waals surface area contributed by atoms with Gasteiger partial charge in [-0.1, -0.05) is 18.2 Å². The predicted octanol–water partition coefficient (Wildman–Crippen LogP) is 2.71. The summed E-state index contributed by atoms with van der Waals surface area (Å²) in [5.74, 6) is 0.911. The minimum Gasteiger partial charge on any atom is -0.497 e. The van der Waals surface area contributed by atoms with Crippen molar-refractivity contribution in [3.05, 3.63) is 35.9 Å². The van der Waals surface area contributed by atoms with Gasteiger partial charge >= 0.3 is 0 Å². The van der Waals surface area contributed by atoms with Crippen molar-refractivity contribution in [1.29, 1.82) is 0 Å². The summed E-state index contributed by atoms with van der Waals surface area (Å²) in [4.78, 5) is 0. The summed E-state index contributed by atoms with van der Waals surface area (Å²) in [7, 11) is 3.66. The highest BCUT2D eigenvalue weighted by Crippen LogP contribution is 2.19. The highest BCUT2D eigenvalue weighted by Gasteiger charge is 1.97. The first kappa shape index (κ1) is 11.8. The van der Waals surface area contributed by atoms with E-state index in [0.717, 1.165) is 18.7 Å². The zero-order chi connectivity index (χ0) is 11.1. The van der Waals surface area contributed by atoms with Crippen LogP contribution in [0.1, 0.15) is 18.9 Å². The average Bonchev–Trinajstić information content (AvgIpc) is 2.29. The topological polar surface area (TPSA) is 21.3 Å². The van der Waals surface area contributed by atoms with Crippen LogP contribution in [0.2, 0.25) is 0 Å². The average molecular weight is 205 g/mol. The molecule has 0 atom stereocenters. The van der Waals surface area contributed by atoms with Gasteiger partial charge in [0, 0.05) is 0 Å². The minimum absolute atomic E-state index is 0.911.